The van der Waals surface area contributed by atoms with E-state index in [4.69, 9.17) is 15.6 Å². The standard InChI is InChI=1S/C13H12N2O3/c1-8-4-2-3-5-11(8)18-12-9(14)6-7-10(15-12)13(16)17/h2-7H,14H2,1H3,(H,16,17). The molecule has 92 valence electrons. The second-order valence-corrected chi connectivity index (χ2v) is 3.76. The number of pyridine rings is 1. The summed E-state index contributed by atoms with van der Waals surface area (Å²) >= 11 is 0. The van der Waals surface area contributed by atoms with Gasteiger partial charge >= 0.3 is 5.97 Å². The van der Waals surface area contributed by atoms with Crippen LogP contribution in [0.25, 0.3) is 0 Å². The van der Waals surface area contributed by atoms with Crippen LogP contribution in [0.15, 0.2) is 36.4 Å². The quantitative estimate of drug-likeness (QED) is 0.866. The van der Waals surface area contributed by atoms with Crippen LogP contribution in [0.1, 0.15) is 16.1 Å². The second-order valence-electron chi connectivity index (χ2n) is 3.76. The van der Waals surface area contributed by atoms with Crippen LogP contribution in [-0.2, 0) is 0 Å². The molecule has 0 saturated carbocycles. The van der Waals surface area contributed by atoms with Crippen molar-refractivity contribution in [2.45, 2.75) is 6.92 Å². The summed E-state index contributed by atoms with van der Waals surface area (Å²) in [6.45, 7) is 1.88. The lowest BCUT2D eigenvalue weighted by atomic mass is 10.2. The van der Waals surface area contributed by atoms with Crippen LogP contribution in [0, 0.1) is 6.92 Å². The molecule has 0 atom stereocenters. The Morgan fingerprint density at radius 3 is 2.67 bits per heavy atom. The number of hydrogen-bond acceptors (Lipinski definition) is 4. The first-order valence-electron chi connectivity index (χ1n) is 5.31. The topological polar surface area (TPSA) is 85.4 Å². The van der Waals surface area contributed by atoms with Crippen molar-refractivity contribution in [1.82, 2.24) is 4.98 Å². The first kappa shape index (κ1) is 11.9. The number of carboxylic acid groups (broad SMARTS) is 1. The molecule has 3 N–H and O–H groups in total. The van der Waals surface area contributed by atoms with Gasteiger partial charge in [0.25, 0.3) is 0 Å². The third kappa shape index (κ3) is 2.40. The van der Waals surface area contributed by atoms with Gasteiger partial charge in [-0.25, -0.2) is 9.78 Å². The van der Waals surface area contributed by atoms with Crippen LogP contribution < -0.4 is 10.5 Å². The molecule has 18 heavy (non-hydrogen) atoms. The fraction of sp³-hybridized carbons (Fsp3) is 0.0769. The van der Waals surface area contributed by atoms with Crippen LogP contribution in [0.4, 0.5) is 5.69 Å². The number of ether oxygens (including phenoxy) is 1. The number of nitrogens with two attached hydrogens (primary N) is 1. The molecule has 0 aliphatic rings. The molecule has 0 aliphatic heterocycles. The summed E-state index contributed by atoms with van der Waals surface area (Å²) in [4.78, 5) is 14.7. The van der Waals surface area contributed by atoms with E-state index in [0.717, 1.165) is 5.56 Å². The summed E-state index contributed by atoms with van der Waals surface area (Å²) in [5.41, 5.74) is 6.81. The highest BCUT2D eigenvalue weighted by Crippen LogP contribution is 2.27. The molecule has 5 heteroatoms. The molecule has 0 radical (unpaired) electrons. The summed E-state index contributed by atoms with van der Waals surface area (Å²) < 4.78 is 5.53. The minimum absolute atomic E-state index is 0.101. The zero-order valence-electron chi connectivity index (χ0n) is 9.75. The molecule has 0 amide bonds. The van der Waals surface area contributed by atoms with Gasteiger partial charge < -0.3 is 15.6 Å². The molecule has 0 saturated heterocycles. The van der Waals surface area contributed by atoms with Crippen molar-refractivity contribution >= 4 is 11.7 Å². The van der Waals surface area contributed by atoms with Gasteiger partial charge in [-0.2, -0.15) is 0 Å². The van der Waals surface area contributed by atoms with Crippen molar-refractivity contribution in [2.24, 2.45) is 0 Å². The molecule has 1 aromatic heterocycles. The monoisotopic (exact) mass is 244 g/mol. The molecular formula is C13H12N2O3. The Morgan fingerprint density at radius 2 is 2.00 bits per heavy atom. The highest BCUT2D eigenvalue weighted by atomic mass is 16.5. The highest BCUT2D eigenvalue weighted by Gasteiger charge is 2.11. The zero-order chi connectivity index (χ0) is 13.1. The average Bonchev–Trinajstić information content (AvgIpc) is 2.34. The largest absolute Gasteiger partial charge is 0.477 e. The Hall–Kier alpha value is -2.56. The number of anilines is 1. The Bertz CT molecular complexity index is 597. The number of carboxylic acids is 1. The van der Waals surface area contributed by atoms with Crippen LogP contribution in [0.2, 0.25) is 0 Å². The Morgan fingerprint density at radius 1 is 1.28 bits per heavy atom. The molecule has 0 fully saturated rings. The van der Waals surface area contributed by atoms with E-state index in [1.165, 1.54) is 12.1 Å². The number of para-hydroxylation sites is 1. The minimum atomic E-state index is -1.12. The van der Waals surface area contributed by atoms with E-state index >= 15 is 0 Å². The Balaban J connectivity index is 2.37. The number of carbonyl (C=O) groups is 1. The normalized spacial score (nSPS) is 10.1. The lowest BCUT2D eigenvalue weighted by Crippen LogP contribution is -2.03. The summed E-state index contributed by atoms with van der Waals surface area (Å²) in [5, 5.41) is 8.86. The summed E-state index contributed by atoms with van der Waals surface area (Å²) in [5.74, 6) is -0.423. The predicted molar refractivity (Wildman–Crippen MR) is 66.9 cm³/mol. The molecule has 5 nitrogen and oxygen atoms in total. The van der Waals surface area contributed by atoms with Crippen molar-refractivity contribution in [3.8, 4) is 11.6 Å². The van der Waals surface area contributed by atoms with E-state index < -0.39 is 5.97 Å². The van der Waals surface area contributed by atoms with E-state index in [-0.39, 0.29) is 11.6 Å². The number of rotatable bonds is 3. The SMILES string of the molecule is Cc1ccccc1Oc1nc(C(=O)O)ccc1N. The van der Waals surface area contributed by atoms with Gasteiger partial charge in [0.05, 0.1) is 5.69 Å². The Labute approximate surface area is 104 Å². The number of hydrogen-bond donors (Lipinski definition) is 2. The van der Waals surface area contributed by atoms with Crippen LogP contribution >= 0.6 is 0 Å². The van der Waals surface area contributed by atoms with Crippen molar-refractivity contribution in [2.75, 3.05) is 5.73 Å². The number of benzene rings is 1. The van der Waals surface area contributed by atoms with Gasteiger partial charge in [-0.3, -0.25) is 0 Å². The third-order valence-electron chi connectivity index (χ3n) is 2.41. The van der Waals surface area contributed by atoms with Gasteiger partial charge in [0.1, 0.15) is 5.75 Å². The fourth-order valence-corrected chi connectivity index (χ4v) is 1.43. The number of nitrogens with zero attached hydrogens (tertiary/aromatic N) is 1. The van der Waals surface area contributed by atoms with Gasteiger partial charge in [-0.1, -0.05) is 18.2 Å². The number of nitrogen functional groups attached to an aromatic ring is 1. The Kier molecular flexibility index (Phi) is 3.14. The molecule has 0 unspecified atom stereocenters. The summed E-state index contributed by atoms with van der Waals surface area (Å²) in [6.07, 6.45) is 0. The maximum Gasteiger partial charge on any atom is 0.354 e. The van der Waals surface area contributed by atoms with E-state index in [2.05, 4.69) is 4.98 Å². The lowest BCUT2D eigenvalue weighted by Gasteiger charge is -2.09. The molecule has 0 bridgehead atoms. The van der Waals surface area contributed by atoms with Crippen molar-refractivity contribution < 1.29 is 14.6 Å². The van der Waals surface area contributed by atoms with Crippen LogP contribution in [0.3, 0.4) is 0 Å². The average molecular weight is 244 g/mol. The first-order valence-corrected chi connectivity index (χ1v) is 5.31. The van der Waals surface area contributed by atoms with Crippen LogP contribution in [0.5, 0.6) is 11.6 Å². The smallest absolute Gasteiger partial charge is 0.354 e. The predicted octanol–water partition coefficient (Wildman–Crippen LogP) is 2.46. The van der Waals surface area contributed by atoms with E-state index in [1.807, 2.05) is 25.1 Å². The molecule has 1 aromatic carbocycles. The molecule has 2 rings (SSSR count). The van der Waals surface area contributed by atoms with Crippen molar-refractivity contribution in [1.29, 1.82) is 0 Å². The molecule has 2 aromatic rings. The first-order chi connectivity index (χ1) is 8.58. The number of aryl methyl sites for hydroxylation is 1. The van der Waals surface area contributed by atoms with Gasteiger partial charge in [-0.15, -0.1) is 0 Å². The van der Waals surface area contributed by atoms with Gasteiger partial charge in [0, 0.05) is 0 Å². The third-order valence-corrected chi connectivity index (χ3v) is 2.41. The van der Waals surface area contributed by atoms with E-state index in [9.17, 15) is 4.79 Å². The molecule has 1 heterocycles. The maximum absolute atomic E-state index is 10.8. The highest BCUT2D eigenvalue weighted by molar-refractivity contribution is 5.86. The van der Waals surface area contributed by atoms with Crippen molar-refractivity contribution in [3.63, 3.8) is 0 Å². The van der Waals surface area contributed by atoms with Crippen LogP contribution in [-0.4, -0.2) is 16.1 Å². The van der Waals surface area contributed by atoms with Gasteiger partial charge in [-0.05, 0) is 30.7 Å². The number of aromatic carboxylic acids is 1. The molecular weight excluding hydrogens is 232 g/mol. The second kappa shape index (κ2) is 4.75. The fourth-order valence-electron chi connectivity index (χ4n) is 1.43. The summed E-state index contributed by atoms with van der Waals surface area (Å²) in [7, 11) is 0. The van der Waals surface area contributed by atoms with Gasteiger partial charge in [0.15, 0.2) is 5.69 Å². The molecule has 0 spiro atoms. The summed E-state index contributed by atoms with van der Waals surface area (Å²) in [6, 6.07) is 10.1. The lowest BCUT2D eigenvalue weighted by molar-refractivity contribution is 0.0689. The minimum Gasteiger partial charge on any atom is -0.477 e. The molecule has 0 aliphatic carbocycles. The van der Waals surface area contributed by atoms with E-state index in [0.29, 0.717) is 11.4 Å². The van der Waals surface area contributed by atoms with E-state index in [1.54, 1.807) is 6.07 Å². The maximum atomic E-state index is 10.8. The van der Waals surface area contributed by atoms with Gasteiger partial charge in [0.2, 0.25) is 5.88 Å². The van der Waals surface area contributed by atoms with Crippen molar-refractivity contribution in [3.05, 3.63) is 47.7 Å². The number of aromatic nitrogens is 1. The zero-order valence-corrected chi connectivity index (χ0v) is 9.75.